The summed E-state index contributed by atoms with van der Waals surface area (Å²) in [6.45, 7) is 11.2. The number of aliphatic imine (C=N–C) groups is 1. The van der Waals surface area contributed by atoms with Gasteiger partial charge in [0.1, 0.15) is 5.75 Å². The van der Waals surface area contributed by atoms with Crippen molar-refractivity contribution in [1.29, 1.82) is 0 Å². The average Bonchev–Trinajstić information content (AvgIpc) is 2.74. The first-order valence-corrected chi connectivity index (χ1v) is 11.0. The monoisotopic (exact) mass is 533 g/mol. The quantitative estimate of drug-likeness (QED) is 0.192. The smallest absolute Gasteiger partial charge is 0.191 e. The molecule has 2 rings (SSSR count). The molecule has 30 heavy (non-hydrogen) atoms. The molecule has 1 aromatic carbocycles. The molecule has 1 saturated heterocycles. The Labute approximate surface area is 199 Å². The predicted octanol–water partition coefficient (Wildman–Crippen LogP) is 4.29. The Morgan fingerprint density at radius 1 is 1.27 bits per heavy atom. The molecular formula is C23H40IN3O3. The zero-order valence-corrected chi connectivity index (χ0v) is 21.4. The molecule has 1 aromatic rings. The standard InChI is InChI=1S/C23H39N3O3.HI/c1-5-19(3)29-22-15-18(2)7-8-21(22)16-26-23(24-4)25-11-6-12-28-17-20-9-13-27-14-10-20;/h7-8,15,19-20H,5-6,9-14,16-17H2,1-4H3,(H2,24,25,26);1H. The van der Waals surface area contributed by atoms with Crippen molar-refractivity contribution in [3.05, 3.63) is 29.3 Å². The van der Waals surface area contributed by atoms with Crippen LogP contribution in [0.2, 0.25) is 0 Å². The van der Waals surface area contributed by atoms with Crippen molar-refractivity contribution in [3.8, 4) is 5.75 Å². The minimum atomic E-state index is 0. The summed E-state index contributed by atoms with van der Waals surface area (Å²) in [6.07, 6.45) is 4.39. The molecule has 172 valence electrons. The summed E-state index contributed by atoms with van der Waals surface area (Å²) in [5.74, 6) is 2.40. The van der Waals surface area contributed by atoms with Crippen LogP contribution in [0.15, 0.2) is 23.2 Å². The molecule has 0 saturated carbocycles. The third-order valence-electron chi connectivity index (χ3n) is 5.25. The summed E-state index contributed by atoms with van der Waals surface area (Å²) in [6, 6.07) is 6.35. The van der Waals surface area contributed by atoms with Crippen molar-refractivity contribution in [2.75, 3.05) is 40.0 Å². The Balaban J connectivity index is 0.00000450. The van der Waals surface area contributed by atoms with Crippen molar-refractivity contribution in [1.82, 2.24) is 10.6 Å². The number of ether oxygens (including phenoxy) is 3. The van der Waals surface area contributed by atoms with E-state index in [1.54, 1.807) is 7.05 Å². The van der Waals surface area contributed by atoms with Crippen molar-refractivity contribution in [2.24, 2.45) is 10.9 Å². The minimum absolute atomic E-state index is 0. The van der Waals surface area contributed by atoms with Gasteiger partial charge in [-0.1, -0.05) is 19.1 Å². The average molecular weight is 533 g/mol. The van der Waals surface area contributed by atoms with E-state index in [0.717, 1.165) is 75.9 Å². The topological polar surface area (TPSA) is 64.1 Å². The van der Waals surface area contributed by atoms with Crippen LogP contribution in [0.4, 0.5) is 0 Å². The van der Waals surface area contributed by atoms with Gasteiger partial charge in [0.05, 0.1) is 6.10 Å². The lowest BCUT2D eigenvalue weighted by Gasteiger charge is -2.21. The lowest BCUT2D eigenvalue weighted by Crippen LogP contribution is -2.37. The summed E-state index contributed by atoms with van der Waals surface area (Å²) in [4.78, 5) is 4.32. The molecule has 0 bridgehead atoms. The highest BCUT2D eigenvalue weighted by Gasteiger charge is 2.13. The largest absolute Gasteiger partial charge is 0.490 e. The van der Waals surface area contributed by atoms with Crippen LogP contribution in [0.1, 0.15) is 50.7 Å². The maximum Gasteiger partial charge on any atom is 0.191 e. The van der Waals surface area contributed by atoms with E-state index in [1.807, 2.05) is 0 Å². The molecule has 7 heteroatoms. The molecule has 1 heterocycles. The van der Waals surface area contributed by atoms with Gasteiger partial charge in [-0.05, 0) is 57.1 Å². The van der Waals surface area contributed by atoms with Gasteiger partial charge in [-0.3, -0.25) is 4.99 Å². The molecule has 0 spiro atoms. The van der Waals surface area contributed by atoms with E-state index in [0.29, 0.717) is 12.5 Å². The van der Waals surface area contributed by atoms with Gasteiger partial charge in [0.2, 0.25) is 0 Å². The van der Waals surface area contributed by atoms with Gasteiger partial charge in [0.25, 0.3) is 0 Å². The molecule has 2 N–H and O–H groups in total. The van der Waals surface area contributed by atoms with Gasteiger partial charge < -0.3 is 24.8 Å². The number of aryl methyl sites for hydroxylation is 1. The van der Waals surface area contributed by atoms with Crippen molar-refractivity contribution >= 4 is 29.9 Å². The number of hydrogen-bond donors (Lipinski definition) is 2. The summed E-state index contributed by atoms with van der Waals surface area (Å²) < 4.78 is 17.3. The van der Waals surface area contributed by atoms with Crippen molar-refractivity contribution in [2.45, 2.75) is 59.1 Å². The van der Waals surface area contributed by atoms with E-state index in [-0.39, 0.29) is 30.1 Å². The molecule has 1 aliphatic rings. The van der Waals surface area contributed by atoms with Crippen LogP contribution >= 0.6 is 24.0 Å². The first-order chi connectivity index (χ1) is 14.1. The minimum Gasteiger partial charge on any atom is -0.490 e. The van der Waals surface area contributed by atoms with E-state index in [9.17, 15) is 0 Å². The highest BCUT2D eigenvalue weighted by atomic mass is 127. The van der Waals surface area contributed by atoms with Crippen LogP contribution in [0.25, 0.3) is 0 Å². The van der Waals surface area contributed by atoms with Gasteiger partial charge in [-0.25, -0.2) is 0 Å². The van der Waals surface area contributed by atoms with Crippen LogP contribution in [-0.2, 0) is 16.0 Å². The molecule has 0 aliphatic carbocycles. The van der Waals surface area contributed by atoms with E-state index >= 15 is 0 Å². The number of benzene rings is 1. The van der Waals surface area contributed by atoms with Crippen LogP contribution in [0.3, 0.4) is 0 Å². The molecule has 1 aliphatic heterocycles. The summed E-state index contributed by atoms with van der Waals surface area (Å²) >= 11 is 0. The Hall–Kier alpha value is -1.06. The van der Waals surface area contributed by atoms with Crippen LogP contribution in [0.5, 0.6) is 5.75 Å². The zero-order valence-electron chi connectivity index (χ0n) is 19.0. The molecule has 0 aromatic heterocycles. The van der Waals surface area contributed by atoms with E-state index in [1.165, 1.54) is 5.56 Å². The second-order valence-corrected chi connectivity index (χ2v) is 7.78. The third kappa shape index (κ3) is 10.3. The van der Waals surface area contributed by atoms with Gasteiger partial charge in [-0.15, -0.1) is 24.0 Å². The van der Waals surface area contributed by atoms with Gasteiger partial charge in [0, 0.05) is 52.1 Å². The Morgan fingerprint density at radius 2 is 2.03 bits per heavy atom. The molecule has 1 atom stereocenters. The normalized spacial score (nSPS) is 15.9. The molecule has 0 amide bonds. The molecule has 1 fully saturated rings. The summed E-state index contributed by atoms with van der Waals surface area (Å²) in [5, 5.41) is 6.74. The maximum absolute atomic E-state index is 6.09. The number of nitrogens with zero attached hydrogens (tertiary/aromatic N) is 1. The predicted molar refractivity (Wildman–Crippen MR) is 134 cm³/mol. The Kier molecular flexibility index (Phi) is 14.1. The third-order valence-corrected chi connectivity index (χ3v) is 5.25. The van der Waals surface area contributed by atoms with Gasteiger partial charge >= 0.3 is 0 Å². The Bertz CT molecular complexity index is 622. The highest BCUT2D eigenvalue weighted by molar-refractivity contribution is 14.0. The van der Waals surface area contributed by atoms with Gasteiger partial charge in [-0.2, -0.15) is 0 Å². The maximum atomic E-state index is 6.09. The fourth-order valence-electron chi connectivity index (χ4n) is 3.16. The molecule has 6 nitrogen and oxygen atoms in total. The first-order valence-electron chi connectivity index (χ1n) is 11.0. The highest BCUT2D eigenvalue weighted by Crippen LogP contribution is 2.22. The van der Waals surface area contributed by atoms with E-state index in [4.69, 9.17) is 14.2 Å². The fourth-order valence-corrected chi connectivity index (χ4v) is 3.16. The number of halogens is 1. The van der Waals surface area contributed by atoms with Crippen LogP contribution < -0.4 is 15.4 Å². The van der Waals surface area contributed by atoms with Gasteiger partial charge in [0.15, 0.2) is 5.96 Å². The van der Waals surface area contributed by atoms with E-state index in [2.05, 4.69) is 54.6 Å². The fraction of sp³-hybridized carbons (Fsp3) is 0.696. The Morgan fingerprint density at radius 3 is 2.73 bits per heavy atom. The second kappa shape index (κ2) is 15.7. The van der Waals surface area contributed by atoms with Crippen molar-refractivity contribution < 1.29 is 14.2 Å². The SMILES string of the molecule is CCC(C)Oc1cc(C)ccc1CNC(=NC)NCCCOCC1CCOCC1.I. The first kappa shape index (κ1) is 27.0. The lowest BCUT2D eigenvalue weighted by molar-refractivity contribution is 0.0203. The van der Waals surface area contributed by atoms with Crippen LogP contribution in [0, 0.1) is 12.8 Å². The second-order valence-electron chi connectivity index (χ2n) is 7.78. The number of rotatable bonds is 11. The molecule has 0 radical (unpaired) electrons. The molecular weight excluding hydrogens is 493 g/mol. The summed E-state index contributed by atoms with van der Waals surface area (Å²) in [7, 11) is 1.79. The lowest BCUT2D eigenvalue weighted by atomic mass is 10.0. The number of guanidine groups is 1. The summed E-state index contributed by atoms with van der Waals surface area (Å²) in [5.41, 5.74) is 2.34. The van der Waals surface area contributed by atoms with Crippen molar-refractivity contribution in [3.63, 3.8) is 0 Å². The zero-order chi connectivity index (χ0) is 20.9. The van der Waals surface area contributed by atoms with Crippen LogP contribution in [-0.4, -0.2) is 52.1 Å². The number of hydrogen-bond acceptors (Lipinski definition) is 4. The van der Waals surface area contributed by atoms with E-state index < -0.39 is 0 Å². The number of nitrogens with one attached hydrogen (secondary N) is 2. The molecule has 1 unspecified atom stereocenters.